The van der Waals surface area contributed by atoms with E-state index in [2.05, 4.69) is 22.1 Å². The molecule has 3 saturated heterocycles. The standard InChI is InChI=1S/C21H27FN4O/c1-2-23-21(26-11-16-17(12-26)20-6-5-19(16)27-20)24-8-7-13-10-25-18-9-14(22)3-4-15(13)18/h3-4,9-10,16-17,19-20,25H,2,5-8,11-12H2,1H3,(H,23,24). The van der Waals surface area contributed by atoms with Crippen LogP contribution in [0.25, 0.3) is 10.9 Å². The Morgan fingerprint density at radius 2 is 2.07 bits per heavy atom. The third kappa shape index (κ3) is 3.00. The van der Waals surface area contributed by atoms with Crippen LogP contribution in [-0.4, -0.2) is 54.2 Å². The van der Waals surface area contributed by atoms with Crippen LogP contribution in [-0.2, 0) is 11.2 Å². The Morgan fingerprint density at radius 3 is 2.81 bits per heavy atom. The maximum absolute atomic E-state index is 13.4. The van der Waals surface area contributed by atoms with E-state index in [-0.39, 0.29) is 5.82 Å². The Morgan fingerprint density at radius 1 is 1.30 bits per heavy atom. The number of aromatic amines is 1. The average Bonchev–Trinajstić information content (AvgIpc) is 3.42. The van der Waals surface area contributed by atoms with Crippen LogP contribution in [0.3, 0.4) is 0 Å². The van der Waals surface area contributed by atoms with Gasteiger partial charge in [0.25, 0.3) is 0 Å². The molecule has 0 amide bonds. The highest BCUT2D eigenvalue weighted by Crippen LogP contribution is 2.47. The van der Waals surface area contributed by atoms with Crippen molar-refractivity contribution in [1.29, 1.82) is 0 Å². The van der Waals surface area contributed by atoms with E-state index in [1.165, 1.54) is 24.5 Å². The summed E-state index contributed by atoms with van der Waals surface area (Å²) in [5.74, 6) is 2.17. The first-order valence-electron chi connectivity index (χ1n) is 10.2. The van der Waals surface area contributed by atoms with E-state index in [1.54, 1.807) is 6.07 Å². The van der Waals surface area contributed by atoms with Gasteiger partial charge >= 0.3 is 0 Å². The van der Waals surface area contributed by atoms with E-state index in [4.69, 9.17) is 9.73 Å². The number of halogens is 1. The third-order valence-electron chi connectivity index (χ3n) is 6.46. The Labute approximate surface area is 159 Å². The molecular weight excluding hydrogens is 343 g/mol. The number of nitrogens with one attached hydrogen (secondary N) is 2. The molecule has 4 heterocycles. The minimum absolute atomic E-state index is 0.208. The topological polar surface area (TPSA) is 52.7 Å². The first-order chi connectivity index (χ1) is 13.2. The van der Waals surface area contributed by atoms with Crippen molar-refractivity contribution in [1.82, 2.24) is 15.2 Å². The van der Waals surface area contributed by atoms with Crippen molar-refractivity contribution in [2.24, 2.45) is 16.8 Å². The molecule has 0 spiro atoms. The van der Waals surface area contributed by atoms with Crippen molar-refractivity contribution in [2.75, 3.05) is 26.2 Å². The van der Waals surface area contributed by atoms with Crippen LogP contribution in [0.4, 0.5) is 4.39 Å². The van der Waals surface area contributed by atoms with Crippen LogP contribution in [0, 0.1) is 17.7 Å². The predicted molar refractivity (Wildman–Crippen MR) is 104 cm³/mol. The van der Waals surface area contributed by atoms with E-state index in [0.29, 0.717) is 24.0 Å². The van der Waals surface area contributed by atoms with Gasteiger partial charge in [0.2, 0.25) is 0 Å². The zero-order valence-corrected chi connectivity index (χ0v) is 15.7. The summed E-state index contributed by atoms with van der Waals surface area (Å²) in [5, 5.41) is 4.55. The summed E-state index contributed by atoms with van der Waals surface area (Å²) in [5.41, 5.74) is 2.04. The number of fused-ring (bicyclic) bond motifs is 6. The Balaban J connectivity index is 1.27. The molecule has 3 aliphatic heterocycles. The fourth-order valence-electron chi connectivity index (χ4n) is 5.21. The Hall–Kier alpha value is -2.08. The number of likely N-dealkylation sites (tertiary alicyclic amines) is 1. The number of hydrogen-bond acceptors (Lipinski definition) is 2. The smallest absolute Gasteiger partial charge is 0.193 e. The number of aromatic nitrogens is 1. The fourth-order valence-corrected chi connectivity index (χ4v) is 5.21. The molecule has 2 bridgehead atoms. The molecule has 5 nitrogen and oxygen atoms in total. The van der Waals surface area contributed by atoms with Gasteiger partial charge in [-0.3, -0.25) is 4.99 Å². The molecule has 3 aliphatic rings. The van der Waals surface area contributed by atoms with Crippen molar-refractivity contribution >= 4 is 16.9 Å². The highest BCUT2D eigenvalue weighted by molar-refractivity contribution is 5.83. The summed E-state index contributed by atoms with van der Waals surface area (Å²) < 4.78 is 19.4. The molecule has 3 fully saturated rings. The SMILES string of the molecule is CCNC(=NCCc1c[nH]c2cc(F)ccc12)N1CC2C3CCC(O3)C2C1. The van der Waals surface area contributed by atoms with Gasteiger partial charge < -0.3 is 19.9 Å². The van der Waals surface area contributed by atoms with Crippen molar-refractivity contribution < 1.29 is 9.13 Å². The molecule has 5 rings (SSSR count). The Kier molecular flexibility index (Phi) is 4.31. The maximum atomic E-state index is 13.4. The first kappa shape index (κ1) is 17.0. The van der Waals surface area contributed by atoms with Crippen LogP contribution < -0.4 is 5.32 Å². The van der Waals surface area contributed by atoms with Crippen molar-refractivity contribution in [3.8, 4) is 0 Å². The molecule has 27 heavy (non-hydrogen) atoms. The second-order valence-corrected chi connectivity index (χ2v) is 8.01. The second-order valence-electron chi connectivity index (χ2n) is 8.01. The second kappa shape index (κ2) is 6.82. The minimum atomic E-state index is -0.208. The molecule has 1 aromatic heterocycles. The monoisotopic (exact) mass is 370 g/mol. The lowest BCUT2D eigenvalue weighted by atomic mass is 9.82. The molecule has 1 aromatic carbocycles. The normalized spacial score (nSPS) is 29.7. The summed E-state index contributed by atoms with van der Waals surface area (Å²) in [4.78, 5) is 10.5. The summed E-state index contributed by atoms with van der Waals surface area (Å²) in [7, 11) is 0. The van der Waals surface area contributed by atoms with E-state index in [0.717, 1.165) is 49.5 Å². The number of guanidine groups is 1. The van der Waals surface area contributed by atoms with Crippen molar-refractivity contribution in [3.05, 3.63) is 35.8 Å². The van der Waals surface area contributed by atoms with Gasteiger partial charge in [0.15, 0.2) is 5.96 Å². The number of ether oxygens (including phenoxy) is 1. The zero-order chi connectivity index (χ0) is 18.4. The number of hydrogen-bond donors (Lipinski definition) is 2. The van der Waals surface area contributed by atoms with Crippen molar-refractivity contribution in [2.45, 2.75) is 38.4 Å². The molecule has 4 unspecified atom stereocenters. The maximum Gasteiger partial charge on any atom is 0.193 e. The van der Waals surface area contributed by atoms with Gasteiger partial charge in [-0.15, -0.1) is 0 Å². The number of nitrogens with zero attached hydrogens (tertiary/aromatic N) is 2. The highest BCUT2D eigenvalue weighted by atomic mass is 19.1. The molecule has 0 radical (unpaired) electrons. The van der Waals surface area contributed by atoms with Gasteiger partial charge in [-0.1, -0.05) is 0 Å². The quantitative estimate of drug-likeness (QED) is 0.643. The Bertz CT molecular complexity index is 845. The van der Waals surface area contributed by atoms with E-state index in [9.17, 15) is 4.39 Å². The van der Waals surface area contributed by atoms with Crippen LogP contribution in [0.5, 0.6) is 0 Å². The third-order valence-corrected chi connectivity index (χ3v) is 6.46. The van der Waals surface area contributed by atoms with Crippen LogP contribution in [0.15, 0.2) is 29.4 Å². The zero-order valence-electron chi connectivity index (χ0n) is 15.7. The molecule has 6 heteroatoms. The predicted octanol–water partition coefficient (Wildman–Crippen LogP) is 2.92. The van der Waals surface area contributed by atoms with E-state index in [1.807, 2.05) is 12.3 Å². The van der Waals surface area contributed by atoms with Gasteiger partial charge in [0.1, 0.15) is 5.82 Å². The highest BCUT2D eigenvalue weighted by Gasteiger charge is 2.53. The largest absolute Gasteiger partial charge is 0.374 e. The summed E-state index contributed by atoms with van der Waals surface area (Å²) >= 11 is 0. The number of aliphatic imine (C=N–C) groups is 1. The van der Waals surface area contributed by atoms with Crippen LogP contribution >= 0.6 is 0 Å². The number of rotatable bonds is 4. The molecule has 4 atom stereocenters. The average molecular weight is 370 g/mol. The summed E-state index contributed by atoms with van der Waals surface area (Å²) in [6, 6.07) is 4.92. The van der Waals surface area contributed by atoms with E-state index < -0.39 is 0 Å². The lowest BCUT2D eigenvalue weighted by molar-refractivity contribution is 0.0767. The van der Waals surface area contributed by atoms with Crippen LogP contribution in [0.2, 0.25) is 0 Å². The fraction of sp³-hybridized carbons (Fsp3) is 0.571. The molecule has 2 aromatic rings. The van der Waals surface area contributed by atoms with Crippen molar-refractivity contribution in [3.63, 3.8) is 0 Å². The molecule has 2 N–H and O–H groups in total. The molecular formula is C21H27FN4O. The van der Waals surface area contributed by atoms with Gasteiger partial charge in [-0.2, -0.15) is 0 Å². The first-order valence-corrected chi connectivity index (χ1v) is 10.2. The minimum Gasteiger partial charge on any atom is -0.374 e. The van der Waals surface area contributed by atoms with Gasteiger partial charge in [-0.25, -0.2) is 4.39 Å². The molecule has 0 aliphatic carbocycles. The van der Waals surface area contributed by atoms with Crippen LogP contribution in [0.1, 0.15) is 25.3 Å². The van der Waals surface area contributed by atoms with Gasteiger partial charge in [0.05, 0.1) is 12.2 Å². The number of H-pyrrole nitrogens is 1. The summed E-state index contributed by atoms with van der Waals surface area (Å²) in [6.45, 7) is 5.84. The summed E-state index contributed by atoms with van der Waals surface area (Å²) in [6.07, 6.45) is 6.22. The van der Waals surface area contributed by atoms with Gasteiger partial charge in [-0.05, 0) is 49.9 Å². The molecule has 144 valence electrons. The molecule has 0 saturated carbocycles. The number of benzene rings is 1. The van der Waals surface area contributed by atoms with Gasteiger partial charge in [0, 0.05) is 55.1 Å². The van der Waals surface area contributed by atoms with E-state index >= 15 is 0 Å². The lowest BCUT2D eigenvalue weighted by Gasteiger charge is -2.23. The lowest BCUT2D eigenvalue weighted by Crippen LogP contribution is -2.41.